The molecule has 0 aromatic rings. The molecule has 0 unspecified atom stereocenters. The van der Waals surface area contributed by atoms with Gasteiger partial charge in [0.15, 0.2) is 0 Å². The molecule has 2 aliphatic carbocycles. The minimum Gasteiger partial charge on any atom is -0.317 e. The van der Waals surface area contributed by atoms with Gasteiger partial charge in [-0.1, -0.05) is 13.8 Å². The van der Waals surface area contributed by atoms with Crippen molar-refractivity contribution in [3.8, 4) is 0 Å². The zero-order chi connectivity index (χ0) is 22.7. The van der Waals surface area contributed by atoms with Crippen LogP contribution in [0.4, 0.5) is 0 Å². The molecular weight excluding hydrogens is 396 g/mol. The SMILES string of the molecule is CCNCCCCNC[C@@H]1C[C@H]1CNCCCCNC[C@H]1C[C@@H]1CNCCCCNCC. The highest BCUT2D eigenvalue weighted by molar-refractivity contribution is 4.90. The first-order valence-electron chi connectivity index (χ1n) is 14.1. The summed E-state index contributed by atoms with van der Waals surface area (Å²) in [5.74, 6) is 3.71. The maximum absolute atomic E-state index is 3.69. The van der Waals surface area contributed by atoms with Crippen molar-refractivity contribution in [2.24, 2.45) is 23.7 Å². The lowest BCUT2D eigenvalue weighted by atomic mass is 10.2. The quantitative estimate of drug-likeness (QED) is 0.119. The van der Waals surface area contributed by atoms with Crippen LogP contribution in [0.5, 0.6) is 0 Å². The third-order valence-corrected chi connectivity index (χ3v) is 7.14. The molecule has 6 N–H and O–H groups in total. The fourth-order valence-electron chi connectivity index (χ4n) is 4.62. The van der Waals surface area contributed by atoms with Crippen LogP contribution < -0.4 is 31.9 Å². The Morgan fingerprint density at radius 2 is 0.656 bits per heavy atom. The number of nitrogens with one attached hydrogen (secondary N) is 6. The van der Waals surface area contributed by atoms with Crippen molar-refractivity contribution in [2.45, 2.75) is 65.2 Å². The molecule has 4 atom stereocenters. The monoisotopic (exact) mass is 452 g/mol. The lowest BCUT2D eigenvalue weighted by Crippen LogP contribution is -2.25. The zero-order valence-corrected chi connectivity index (χ0v) is 21.5. The van der Waals surface area contributed by atoms with E-state index in [1.807, 2.05) is 0 Å². The molecule has 0 bridgehead atoms. The molecule has 2 rings (SSSR count). The molecule has 0 spiro atoms. The summed E-state index contributed by atoms with van der Waals surface area (Å²) in [6.45, 7) is 18.5. The molecule has 0 aromatic heterocycles. The van der Waals surface area contributed by atoms with Gasteiger partial charge in [-0.2, -0.15) is 0 Å². The van der Waals surface area contributed by atoms with Gasteiger partial charge in [0.2, 0.25) is 0 Å². The molecule has 0 aromatic carbocycles. The normalized spacial score (nSPS) is 24.2. The lowest BCUT2D eigenvalue weighted by Gasteiger charge is -2.07. The fraction of sp³-hybridized carbons (Fsp3) is 1.00. The smallest absolute Gasteiger partial charge is 0.00173 e. The number of rotatable bonds is 25. The van der Waals surface area contributed by atoms with E-state index in [1.54, 1.807) is 0 Å². The summed E-state index contributed by atoms with van der Waals surface area (Å²) >= 11 is 0. The van der Waals surface area contributed by atoms with Crippen LogP contribution in [0.2, 0.25) is 0 Å². The Morgan fingerprint density at radius 3 is 0.906 bits per heavy atom. The van der Waals surface area contributed by atoms with Crippen molar-refractivity contribution in [2.75, 3.05) is 78.5 Å². The summed E-state index contributed by atoms with van der Waals surface area (Å²) in [6, 6.07) is 0. The molecule has 2 aliphatic rings. The van der Waals surface area contributed by atoms with Gasteiger partial charge in [-0.3, -0.25) is 0 Å². The number of hydrogen-bond donors (Lipinski definition) is 6. The molecule has 190 valence electrons. The van der Waals surface area contributed by atoms with Crippen molar-refractivity contribution in [1.29, 1.82) is 0 Å². The molecule has 6 heteroatoms. The van der Waals surface area contributed by atoms with Gasteiger partial charge in [0.05, 0.1) is 0 Å². The second-order valence-electron chi connectivity index (χ2n) is 10.2. The van der Waals surface area contributed by atoms with Crippen molar-refractivity contribution >= 4 is 0 Å². The average molecular weight is 453 g/mol. The van der Waals surface area contributed by atoms with Crippen molar-refractivity contribution < 1.29 is 0 Å². The van der Waals surface area contributed by atoms with Crippen LogP contribution in [0.25, 0.3) is 0 Å². The first-order chi connectivity index (χ1) is 15.8. The maximum Gasteiger partial charge on any atom is -0.00173 e. The van der Waals surface area contributed by atoms with Gasteiger partial charge in [-0.15, -0.1) is 0 Å². The Kier molecular flexibility index (Phi) is 16.7. The summed E-state index contributed by atoms with van der Waals surface area (Å²) in [4.78, 5) is 0. The van der Waals surface area contributed by atoms with Crippen molar-refractivity contribution in [3.63, 3.8) is 0 Å². The first-order valence-corrected chi connectivity index (χ1v) is 14.1. The Hall–Kier alpha value is -0.240. The van der Waals surface area contributed by atoms with Crippen LogP contribution >= 0.6 is 0 Å². The Morgan fingerprint density at radius 1 is 0.406 bits per heavy atom. The van der Waals surface area contributed by atoms with Crippen molar-refractivity contribution in [3.05, 3.63) is 0 Å². The lowest BCUT2D eigenvalue weighted by molar-refractivity contribution is 0.519. The second kappa shape index (κ2) is 19.1. The van der Waals surface area contributed by atoms with Crippen LogP contribution in [-0.4, -0.2) is 78.5 Å². The third-order valence-electron chi connectivity index (χ3n) is 7.14. The van der Waals surface area contributed by atoms with Crippen LogP contribution in [0.1, 0.15) is 65.2 Å². The van der Waals surface area contributed by atoms with E-state index in [4.69, 9.17) is 0 Å². The summed E-state index contributed by atoms with van der Waals surface area (Å²) in [5, 5.41) is 21.5. The predicted octanol–water partition coefficient (Wildman–Crippen LogP) is 2.18. The minimum atomic E-state index is 0.927. The van der Waals surface area contributed by atoms with Crippen LogP contribution in [0, 0.1) is 23.7 Å². The highest BCUT2D eigenvalue weighted by Crippen LogP contribution is 2.37. The van der Waals surface area contributed by atoms with E-state index >= 15 is 0 Å². The molecule has 32 heavy (non-hydrogen) atoms. The van der Waals surface area contributed by atoms with E-state index in [2.05, 4.69) is 45.7 Å². The van der Waals surface area contributed by atoms with Gasteiger partial charge in [-0.05, 0) is 154 Å². The highest BCUT2D eigenvalue weighted by atomic mass is 14.9. The summed E-state index contributed by atoms with van der Waals surface area (Å²) < 4.78 is 0. The minimum absolute atomic E-state index is 0.927. The Balaban J connectivity index is 1.23. The average Bonchev–Trinajstić information content (AvgIpc) is 3.72. The van der Waals surface area contributed by atoms with Gasteiger partial charge in [0.1, 0.15) is 0 Å². The second-order valence-corrected chi connectivity index (χ2v) is 10.2. The molecular formula is C26H56N6. The molecule has 0 heterocycles. The third kappa shape index (κ3) is 14.8. The van der Waals surface area contributed by atoms with Crippen LogP contribution in [0.3, 0.4) is 0 Å². The van der Waals surface area contributed by atoms with Crippen LogP contribution in [0.15, 0.2) is 0 Å². The van der Waals surface area contributed by atoms with Gasteiger partial charge < -0.3 is 31.9 Å². The summed E-state index contributed by atoms with van der Waals surface area (Å²) in [5.41, 5.74) is 0. The van der Waals surface area contributed by atoms with Crippen molar-refractivity contribution in [1.82, 2.24) is 31.9 Å². The largest absolute Gasteiger partial charge is 0.317 e. The molecule has 0 radical (unpaired) electrons. The van der Waals surface area contributed by atoms with Gasteiger partial charge in [0.25, 0.3) is 0 Å². The molecule has 0 aliphatic heterocycles. The van der Waals surface area contributed by atoms with Crippen LogP contribution in [-0.2, 0) is 0 Å². The van der Waals surface area contributed by atoms with E-state index in [-0.39, 0.29) is 0 Å². The van der Waals surface area contributed by atoms with E-state index in [0.29, 0.717) is 0 Å². The molecule has 0 saturated heterocycles. The van der Waals surface area contributed by atoms with E-state index in [0.717, 1.165) is 36.8 Å². The van der Waals surface area contributed by atoms with Gasteiger partial charge in [0, 0.05) is 0 Å². The standard InChI is InChI=1S/C26H56N6/c1-3-27-11-5-7-13-29-19-23-17-25(23)21-31-15-9-10-16-32-22-26-18-24(26)20-30-14-8-6-12-28-4-2/h23-32H,3-22H2,1-2H3/t23-,24+,25-,26+. The number of hydrogen-bond acceptors (Lipinski definition) is 6. The zero-order valence-electron chi connectivity index (χ0n) is 21.5. The van der Waals surface area contributed by atoms with E-state index < -0.39 is 0 Å². The van der Waals surface area contributed by atoms with E-state index in [1.165, 1.54) is 117 Å². The summed E-state index contributed by atoms with van der Waals surface area (Å²) in [7, 11) is 0. The topological polar surface area (TPSA) is 72.2 Å². The molecule has 2 saturated carbocycles. The predicted molar refractivity (Wildman–Crippen MR) is 139 cm³/mol. The Bertz CT molecular complexity index is 383. The highest BCUT2D eigenvalue weighted by Gasteiger charge is 2.36. The summed E-state index contributed by atoms with van der Waals surface area (Å²) in [6.07, 6.45) is 10.6. The Labute approximate surface area is 199 Å². The maximum atomic E-state index is 3.69. The molecule has 0 amide bonds. The van der Waals surface area contributed by atoms with Gasteiger partial charge in [-0.25, -0.2) is 0 Å². The number of unbranched alkanes of at least 4 members (excludes halogenated alkanes) is 3. The van der Waals surface area contributed by atoms with E-state index in [9.17, 15) is 0 Å². The first kappa shape index (κ1) is 28.0. The molecule has 2 fully saturated rings. The molecule has 6 nitrogen and oxygen atoms in total. The fourth-order valence-corrected chi connectivity index (χ4v) is 4.62. The van der Waals surface area contributed by atoms with Gasteiger partial charge >= 0.3 is 0 Å².